The van der Waals surface area contributed by atoms with E-state index in [0.29, 0.717) is 11.9 Å². The Morgan fingerprint density at radius 3 is 2.90 bits per heavy atom. The Balaban J connectivity index is 2.07. The van der Waals surface area contributed by atoms with Crippen molar-refractivity contribution in [2.45, 2.75) is 23.8 Å². The van der Waals surface area contributed by atoms with Crippen LogP contribution in [0.15, 0.2) is 32.3 Å². The first-order chi connectivity index (χ1) is 9.89. The first kappa shape index (κ1) is 13.8. The molecule has 1 atom stereocenters. The third-order valence-electron chi connectivity index (χ3n) is 3.49. The zero-order valence-electron chi connectivity index (χ0n) is 10.8. The Morgan fingerprint density at radius 1 is 1.43 bits per heavy atom. The highest BCUT2D eigenvalue weighted by molar-refractivity contribution is 7.89. The molecule has 1 saturated heterocycles. The monoisotopic (exact) mass is 312 g/mol. The van der Waals surface area contributed by atoms with Crippen LogP contribution in [0.4, 0.5) is 0 Å². The molecule has 1 fully saturated rings. The maximum absolute atomic E-state index is 12.5. The highest BCUT2D eigenvalue weighted by atomic mass is 32.2. The van der Waals surface area contributed by atoms with Crippen molar-refractivity contribution in [2.75, 3.05) is 6.54 Å². The highest BCUT2D eigenvalue weighted by Crippen LogP contribution is 2.27. The second-order valence-electron chi connectivity index (χ2n) is 4.78. The average Bonchev–Trinajstić information content (AvgIpc) is 3.02. The topological polar surface area (TPSA) is 121 Å². The van der Waals surface area contributed by atoms with Crippen LogP contribution in [0.25, 0.3) is 11.1 Å². The number of H-pyrrole nitrogens is 1. The molecule has 8 nitrogen and oxygen atoms in total. The van der Waals surface area contributed by atoms with Gasteiger partial charge < -0.3 is 9.52 Å². The molecule has 0 bridgehead atoms. The van der Waals surface area contributed by atoms with E-state index < -0.39 is 27.8 Å². The summed E-state index contributed by atoms with van der Waals surface area (Å²) >= 11 is 0. The molecule has 0 unspecified atom stereocenters. The van der Waals surface area contributed by atoms with Crippen LogP contribution in [0.1, 0.15) is 12.8 Å². The third-order valence-corrected chi connectivity index (χ3v) is 5.39. The van der Waals surface area contributed by atoms with Gasteiger partial charge in [0.25, 0.3) is 0 Å². The van der Waals surface area contributed by atoms with Gasteiger partial charge in [-0.05, 0) is 25.0 Å². The van der Waals surface area contributed by atoms with E-state index in [1.165, 1.54) is 18.2 Å². The van der Waals surface area contributed by atoms with Crippen LogP contribution in [0.5, 0.6) is 0 Å². The number of benzene rings is 1. The minimum Gasteiger partial charge on any atom is -0.480 e. The molecule has 0 spiro atoms. The molecule has 21 heavy (non-hydrogen) atoms. The summed E-state index contributed by atoms with van der Waals surface area (Å²) in [5.74, 6) is -1.84. The van der Waals surface area contributed by atoms with E-state index in [4.69, 9.17) is 9.52 Å². The van der Waals surface area contributed by atoms with E-state index in [0.717, 1.165) is 4.31 Å². The summed E-state index contributed by atoms with van der Waals surface area (Å²) in [4.78, 5) is 24.5. The molecular weight excluding hydrogens is 300 g/mol. The van der Waals surface area contributed by atoms with Crippen molar-refractivity contribution in [1.82, 2.24) is 9.29 Å². The van der Waals surface area contributed by atoms with Crippen molar-refractivity contribution in [3.63, 3.8) is 0 Å². The molecule has 9 heteroatoms. The number of carbonyl (C=O) groups is 1. The molecule has 3 rings (SSSR count). The normalized spacial score (nSPS) is 20.1. The van der Waals surface area contributed by atoms with Crippen molar-refractivity contribution in [3.05, 3.63) is 28.7 Å². The summed E-state index contributed by atoms with van der Waals surface area (Å²) < 4.78 is 30.9. The molecular formula is C12H12N2O6S. The average molecular weight is 312 g/mol. The zero-order valence-corrected chi connectivity index (χ0v) is 11.6. The number of oxazole rings is 1. The van der Waals surface area contributed by atoms with Crippen molar-refractivity contribution in [2.24, 2.45) is 0 Å². The number of hydrogen-bond acceptors (Lipinski definition) is 5. The fourth-order valence-corrected chi connectivity index (χ4v) is 4.16. The maximum atomic E-state index is 12.5. The van der Waals surface area contributed by atoms with E-state index in [2.05, 4.69) is 4.98 Å². The van der Waals surface area contributed by atoms with Gasteiger partial charge in [0.1, 0.15) is 6.04 Å². The number of fused-ring (bicyclic) bond motifs is 1. The van der Waals surface area contributed by atoms with Gasteiger partial charge in [-0.15, -0.1) is 0 Å². The van der Waals surface area contributed by atoms with E-state index in [-0.39, 0.29) is 23.4 Å². The Bertz CT molecular complexity index is 865. The van der Waals surface area contributed by atoms with E-state index in [1.54, 1.807) is 0 Å². The second kappa shape index (κ2) is 4.71. The number of hydrogen-bond donors (Lipinski definition) is 2. The van der Waals surface area contributed by atoms with Gasteiger partial charge in [0.05, 0.1) is 10.4 Å². The maximum Gasteiger partial charge on any atom is 0.417 e. The summed E-state index contributed by atoms with van der Waals surface area (Å²) in [5.41, 5.74) is 0.502. The minimum atomic E-state index is -3.94. The molecule has 0 radical (unpaired) electrons. The van der Waals surface area contributed by atoms with Crippen LogP contribution in [0, 0.1) is 0 Å². The first-order valence-corrected chi connectivity index (χ1v) is 7.71. The lowest BCUT2D eigenvalue weighted by atomic mass is 10.2. The standard InChI is InChI=1S/C12H12N2O6S/c15-11(16)9-2-1-5-14(9)21(18,19)7-3-4-8-10(6-7)20-12(17)13-8/h3-4,6,9H,1-2,5H2,(H,13,17)(H,15,16)/t9-/m1/s1. The Kier molecular flexibility index (Phi) is 3.10. The number of aromatic nitrogens is 1. The molecule has 1 aromatic heterocycles. The SMILES string of the molecule is O=C(O)[C@H]1CCCN1S(=O)(=O)c1ccc2[nH]c(=O)oc2c1. The Hall–Kier alpha value is -2.13. The van der Waals surface area contributed by atoms with Gasteiger partial charge in [0.15, 0.2) is 5.58 Å². The predicted octanol–water partition coefficient (Wildman–Crippen LogP) is 0.359. The molecule has 0 amide bonds. The van der Waals surface area contributed by atoms with E-state index in [1.807, 2.05) is 0 Å². The lowest BCUT2D eigenvalue weighted by Crippen LogP contribution is -2.40. The summed E-state index contributed by atoms with van der Waals surface area (Å²) in [5, 5.41) is 9.10. The summed E-state index contributed by atoms with van der Waals surface area (Å²) in [7, 11) is -3.94. The van der Waals surface area contributed by atoms with Gasteiger partial charge in [-0.25, -0.2) is 13.2 Å². The lowest BCUT2D eigenvalue weighted by Gasteiger charge is -2.20. The number of nitrogens with one attached hydrogen (secondary N) is 1. The number of rotatable bonds is 3. The smallest absolute Gasteiger partial charge is 0.417 e. The van der Waals surface area contributed by atoms with Gasteiger partial charge in [-0.3, -0.25) is 9.78 Å². The van der Waals surface area contributed by atoms with Crippen molar-refractivity contribution >= 4 is 27.1 Å². The molecule has 2 heterocycles. The molecule has 112 valence electrons. The van der Waals surface area contributed by atoms with E-state index >= 15 is 0 Å². The summed E-state index contributed by atoms with van der Waals surface area (Å²) in [6.07, 6.45) is 0.785. The number of carboxylic acid groups (broad SMARTS) is 1. The fraction of sp³-hybridized carbons (Fsp3) is 0.333. The number of sulfonamides is 1. The number of carboxylic acids is 1. The minimum absolute atomic E-state index is 0.0918. The molecule has 1 aliphatic heterocycles. The number of aromatic amines is 1. The van der Waals surface area contributed by atoms with Crippen molar-refractivity contribution in [3.8, 4) is 0 Å². The molecule has 2 aromatic rings. The van der Waals surface area contributed by atoms with Crippen molar-refractivity contribution < 1.29 is 22.7 Å². The summed E-state index contributed by atoms with van der Waals surface area (Å²) in [6, 6.07) is 2.91. The van der Waals surface area contributed by atoms with E-state index in [9.17, 15) is 18.0 Å². The van der Waals surface area contributed by atoms with Crippen LogP contribution in [0.3, 0.4) is 0 Å². The van der Waals surface area contributed by atoms with Crippen LogP contribution >= 0.6 is 0 Å². The van der Waals surface area contributed by atoms with Gasteiger partial charge >= 0.3 is 11.7 Å². The van der Waals surface area contributed by atoms with Gasteiger partial charge in [-0.2, -0.15) is 4.31 Å². The van der Waals surface area contributed by atoms with Crippen LogP contribution < -0.4 is 5.76 Å². The molecule has 0 aliphatic carbocycles. The Morgan fingerprint density at radius 2 is 2.19 bits per heavy atom. The van der Waals surface area contributed by atoms with Gasteiger partial charge in [-0.1, -0.05) is 0 Å². The van der Waals surface area contributed by atoms with Crippen LogP contribution in [0.2, 0.25) is 0 Å². The zero-order chi connectivity index (χ0) is 15.2. The predicted molar refractivity (Wildman–Crippen MR) is 71.4 cm³/mol. The number of aliphatic carboxylic acids is 1. The number of nitrogens with zero attached hydrogens (tertiary/aromatic N) is 1. The van der Waals surface area contributed by atoms with Crippen molar-refractivity contribution in [1.29, 1.82) is 0 Å². The lowest BCUT2D eigenvalue weighted by molar-refractivity contribution is -0.140. The Labute approximate surface area is 119 Å². The molecule has 0 saturated carbocycles. The molecule has 1 aromatic carbocycles. The molecule has 1 aliphatic rings. The van der Waals surface area contributed by atoms with Gasteiger partial charge in [0.2, 0.25) is 10.0 Å². The fourth-order valence-electron chi connectivity index (χ4n) is 2.50. The largest absolute Gasteiger partial charge is 0.480 e. The van der Waals surface area contributed by atoms with Crippen LogP contribution in [-0.2, 0) is 14.8 Å². The van der Waals surface area contributed by atoms with Crippen LogP contribution in [-0.4, -0.2) is 41.4 Å². The molecule has 2 N–H and O–H groups in total. The second-order valence-corrected chi connectivity index (χ2v) is 6.68. The highest BCUT2D eigenvalue weighted by Gasteiger charge is 2.39. The summed E-state index contributed by atoms with van der Waals surface area (Å²) in [6.45, 7) is 0.161. The quantitative estimate of drug-likeness (QED) is 0.844. The first-order valence-electron chi connectivity index (χ1n) is 6.27. The third kappa shape index (κ3) is 2.24. The van der Waals surface area contributed by atoms with Gasteiger partial charge in [0, 0.05) is 12.6 Å².